The number of aromatic nitrogens is 4. The maximum Gasteiger partial charge on any atom is 0.410 e. The SMILES string of the molecule is Cc1c(-c2ccc(N3CCc4cccc(C(=O)Nc5nc6ccccc6s5)c4C3)nc2C(=O)O)cnn1CC12CCCC(C)(CC(C)(CCOCCN(CCC[C@H](O)CO)C(=O)OCc3ccc(NC(=O)[C@H](C)NC(=O)[C@@H](NC(=O)CN4C(=O)[C@@H](NC(=O)CCC(=O)O)C[C@H]4COCCS(=O)(=O)O)C(C)C)cc3CC[C@@H]3O[C@H](C(=O)O)[C@@H](O)[C@H](O)[C@H]3O)C1)C2. The van der Waals surface area contributed by atoms with Gasteiger partial charge >= 0.3 is 24.0 Å². The van der Waals surface area contributed by atoms with Crippen LogP contribution in [0.2, 0.25) is 0 Å². The summed E-state index contributed by atoms with van der Waals surface area (Å²) < 4.78 is 58.2. The number of nitrogens with zero attached hydrogens (tertiary/aromatic N) is 7. The van der Waals surface area contributed by atoms with Crippen molar-refractivity contribution in [2.24, 2.45) is 22.2 Å². The second-order valence-corrected chi connectivity index (χ2v) is 36.9. The van der Waals surface area contributed by atoms with Crippen molar-refractivity contribution >= 4 is 108 Å². The number of hydrogen-bond donors (Lipinski definition) is 14. The molecule has 3 aliphatic heterocycles. The van der Waals surface area contributed by atoms with E-state index < -0.39 is 175 Å². The van der Waals surface area contributed by atoms with Gasteiger partial charge < -0.3 is 95.8 Å². The van der Waals surface area contributed by atoms with Crippen LogP contribution in [0.5, 0.6) is 0 Å². The molecule has 0 spiro atoms. The number of aliphatic hydroxyl groups is 5. The Labute approximate surface area is 720 Å². The highest BCUT2D eigenvalue weighted by atomic mass is 32.2. The number of carbonyl (C=O) groups excluding carboxylic acids is 7. The average molecular weight is 1770 g/mol. The normalized spacial score (nSPS) is 23.2. The van der Waals surface area contributed by atoms with Crippen LogP contribution in [0.1, 0.15) is 167 Å². The van der Waals surface area contributed by atoms with E-state index >= 15 is 0 Å². The average Bonchev–Trinajstić information content (AvgIpc) is 1.23. The van der Waals surface area contributed by atoms with Crippen molar-refractivity contribution in [3.05, 3.63) is 118 Å². The number of pyridine rings is 1. The standard InChI is InChI=1S/C85H112N12O25S2/c1-48(2)69(92-67(101)40-96-55(43-120-34-35-124(116,117)118)37-62(78(96)110)89-66(100)23-24-68(102)103)77(109)87-49(3)75(107)88-54-19-17-53(52(36-54)18-21-63-71(104)72(105)73(106)74(122-63)80(113)114)42-121-82(115)94(29-10-13-56(99)41-98)31-33-119-32-28-84(6)44-83(5)26-11-27-85(45-83,46-84)47-97-50(4)59(38-86-97)57-20-22-65(91-70(57)79(111)112)95-30-25-51-12-9-14-58(60(51)39-95)76(108)93-81-90-61-15-7-8-16-64(61)123-81/h7-9,12,14-17,19-20,22,36,38,48-49,55-56,62-63,69,71-74,98-99,104-106H,10-11,13,18,21,23-35,37,39-47H2,1-6H3,(H,87,109)(H,88,107)(H,89,100)(H,92,101)(H,102,103)(H,111,112)(H,113,114)(H,90,93,108)(H,116,117,118)/t49-,55-,56-,62-,63-,69-,71-,72+,73-,74-,83?,84?,85?/m0/s1. The summed E-state index contributed by atoms with van der Waals surface area (Å²) in [6, 6.07) is 16.6. The number of thiazole rings is 1. The van der Waals surface area contributed by atoms with Gasteiger partial charge in [0.05, 0.1) is 79.8 Å². The topological polar surface area (TPSA) is 537 Å². The molecule has 6 aromatic rings. The molecule has 11 rings (SSSR count). The molecule has 3 aromatic heterocycles. The lowest BCUT2D eigenvalue weighted by molar-refractivity contribution is -0.228. The minimum atomic E-state index is -4.43. The number of ether oxygens (including phenoxy) is 4. The van der Waals surface area contributed by atoms with Gasteiger partial charge in [0.25, 0.3) is 16.0 Å². The highest BCUT2D eigenvalue weighted by Gasteiger charge is 2.54. The number of fused-ring (bicyclic) bond motifs is 4. The van der Waals surface area contributed by atoms with Gasteiger partial charge in [0.2, 0.25) is 29.5 Å². The summed E-state index contributed by atoms with van der Waals surface area (Å²) in [7, 11) is -4.43. The number of nitrogens with one attached hydrogen (secondary N) is 5. The Kier molecular flexibility index (Phi) is 31.5. The van der Waals surface area contributed by atoms with Gasteiger partial charge in [0, 0.05) is 73.8 Å². The van der Waals surface area contributed by atoms with Crippen LogP contribution in [0, 0.1) is 29.1 Å². The van der Waals surface area contributed by atoms with Crippen LogP contribution in [-0.2, 0) is 95.2 Å². The van der Waals surface area contributed by atoms with Gasteiger partial charge in [-0.2, -0.15) is 13.5 Å². The Bertz CT molecular complexity index is 4980. The number of rotatable bonds is 41. The molecule has 124 heavy (non-hydrogen) atoms. The fraction of sp³-hybridized carbons (Fsp3) is 0.565. The van der Waals surface area contributed by atoms with Crippen LogP contribution < -0.4 is 31.5 Å². The van der Waals surface area contributed by atoms with Gasteiger partial charge in [-0.3, -0.25) is 48.1 Å². The molecule has 2 saturated heterocycles. The zero-order valence-electron chi connectivity index (χ0n) is 70.2. The number of aryl methyl sites for hydroxylation is 1. The molecule has 7 amide bonds. The lowest BCUT2D eigenvalue weighted by Gasteiger charge is -2.58. The maximum atomic E-state index is 14.3. The van der Waals surface area contributed by atoms with E-state index in [9.17, 15) is 96.7 Å². The van der Waals surface area contributed by atoms with Gasteiger partial charge in [0.15, 0.2) is 16.9 Å². The molecule has 14 N–H and O–H groups in total. The quantitative estimate of drug-likeness (QED) is 0.0173. The number of anilines is 3. The highest BCUT2D eigenvalue weighted by molar-refractivity contribution is 7.85. The van der Waals surface area contributed by atoms with Crippen molar-refractivity contribution < 1.29 is 121 Å². The van der Waals surface area contributed by atoms with E-state index in [-0.39, 0.29) is 91.9 Å². The van der Waals surface area contributed by atoms with Crippen molar-refractivity contribution in [2.45, 2.75) is 218 Å². The predicted molar refractivity (Wildman–Crippen MR) is 450 cm³/mol. The van der Waals surface area contributed by atoms with Crippen LogP contribution in [-0.4, -0.2) is 269 Å². The van der Waals surface area contributed by atoms with E-state index in [1.165, 1.54) is 41.4 Å². The molecular formula is C85H112N12O25S2. The highest BCUT2D eigenvalue weighted by Crippen LogP contribution is 2.63. The first-order valence-electron chi connectivity index (χ1n) is 41.7. The van der Waals surface area contributed by atoms with Crippen LogP contribution in [0.3, 0.4) is 0 Å². The third-order valence-corrected chi connectivity index (χ3v) is 25.7. The molecule has 2 saturated carbocycles. The molecule has 3 aromatic carbocycles. The summed E-state index contributed by atoms with van der Waals surface area (Å²) in [5, 5.41) is 101. The lowest BCUT2D eigenvalue weighted by Crippen LogP contribution is -2.59. The number of hydrogen-bond acceptors (Lipinski definition) is 26. The predicted octanol–water partition coefficient (Wildman–Crippen LogP) is 5.23. The third kappa shape index (κ3) is 24.3. The monoisotopic (exact) mass is 1760 g/mol. The molecule has 5 aliphatic rings. The number of aliphatic hydroxyl groups excluding tert-OH is 5. The molecule has 13 atom stereocenters. The first kappa shape index (κ1) is 94.5. The molecular weight excluding hydrogens is 1650 g/mol. The molecule has 6 heterocycles. The smallest absolute Gasteiger partial charge is 0.410 e. The Balaban J connectivity index is 0.716. The van der Waals surface area contributed by atoms with E-state index in [0.717, 1.165) is 70.5 Å². The number of amides is 7. The van der Waals surface area contributed by atoms with Gasteiger partial charge in [-0.05, 0) is 178 Å². The first-order valence-corrected chi connectivity index (χ1v) is 44.1. The van der Waals surface area contributed by atoms with Crippen LogP contribution in [0.15, 0.2) is 79.0 Å². The van der Waals surface area contributed by atoms with E-state index in [4.69, 9.17) is 34.1 Å². The minimum absolute atomic E-state index is 0.00228. The number of likely N-dealkylation sites (tertiary alicyclic amines) is 1. The van der Waals surface area contributed by atoms with E-state index in [0.29, 0.717) is 77.8 Å². The zero-order valence-corrected chi connectivity index (χ0v) is 71.8. The van der Waals surface area contributed by atoms with E-state index in [1.807, 2.05) is 59.0 Å². The number of para-hydroxylation sites is 1. The van der Waals surface area contributed by atoms with E-state index in [1.54, 1.807) is 32.2 Å². The maximum absolute atomic E-state index is 14.3. The van der Waals surface area contributed by atoms with Crippen molar-refractivity contribution in [3.8, 4) is 11.1 Å². The van der Waals surface area contributed by atoms with Crippen LogP contribution in [0.4, 0.5) is 21.4 Å². The minimum Gasteiger partial charge on any atom is -0.481 e. The molecule has 674 valence electrons. The molecule has 0 radical (unpaired) electrons. The van der Waals surface area contributed by atoms with Crippen molar-refractivity contribution in [1.82, 2.24) is 45.5 Å². The fourth-order valence-corrected chi connectivity index (χ4v) is 19.4. The molecule has 37 nitrogen and oxygen atoms in total. The Morgan fingerprint density at radius 3 is 2.31 bits per heavy atom. The summed E-state index contributed by atoms with van der Waals surface area (Å²) in [4.78, 5) is 146. The second kappa shape index (κ2) is 41.3. The Morgan fingerprint density at radius 1 is 0.815 bits per heavy atom. The molecule has 4 fully saturated rings. The summed E-state index contributed by atoms with van der Waals surface area (Å²) in [6.07, 6.45) is -3.01. The van der Waals surface area contributed by atoms with Gasteiger partial charge in [0.1, 0.15) is 48.9 Å². The second-order valence-electron chi connectivity index (χ2n) is 34.3. The van der Waals surface area contributed by atoms with Gasteiger partial charge in [-0.15, -0.1) is 0 Å². The third-order valence-electron chi connectivity index (χ3n) is 24.1. The Morgan fingerprint density at radius 2 is 1.59 bits per heavy atom. The summed E-state index contributed by atoms with van der Waals surface area (Å²) >= 11 is 1.39. The number of carbonyl (C=O) groups is 10. The largest absolute Gasteiger partial charge is 0.481 e. The summed E-state index contributed by atoms with van der Waals surface area (Å²) in [6.45, 7) is 10.7. The summed E-state index contributed by atoms with van der Waals surface area (Å²) in [5.74, 6) is -9.30. The molecule has 39 heteroatoms. The lowest BCUT2D eigenvalue weighted by atomic mass is 9.48. The van der Waals surface area contributed by atoms with Crippen molar-refractivity contribution in [3.63, 3.8) is 0 Å². The number of aliphatic carboxylic acids is 2. The molecule has 2 aliphatic carbocycles. The van der Waals surface area contributed by atoms with Gasteiger partial charge in [-0.1, -0.05) is 75.8 Å². The van der Waals surface area contributed by atoms with Crippen molar-refractivity contribution in [1.29, 1.82) is 0 Å². The van der Waals surface area contributed by atoms with Gasteiger partial charge in [-0.25, -0.2) is 24.4 Å². The molecule has 3 unspecified atom stereocenters. The first-order chi connectivity index (χ1) is 58.8. The van der Waals surface area contributed by atoms with Crippen LogP contribution in [0.25, 0.3) is 21.3 Å². The summed E-state index contributed by atoms with van der Waals surface area (Å²) in [5.41, 5.74) is 5.40. The fourth-order valence-electron chi connectivity index (χ4n) is 18.2. The zero-order chi connectivity index (χ0) is 89.7. The van der Waals surface area contributed by atoms with Crippen LogP contribution >= 0.6 is 11.3 Å². The van der Waals surface area contributed by atoms with Crippen molar-refractivity contribution in [2.75, 3.05) is 80.5 Å². The Hall–Kier alpha value is -10.2. The van der Waals surface area contributed by atoms with E-state index in [2.05, 4.69) is 45.4 Å². The molecule has 2 bridgehead atoms. The number of aromatic carboxylic acids is 1. The number of carboxylic acid groups (broad SMARTS) is 3. The number of benzene rings is 3. The number of carboxylic acids is 3.